The number of hydrogen-bond acceptors (Lipinski definition) is 4. The fraction of sp³-hybridized carbons (Fsp3) is 0.0833. The van der Waals surface area contributed by atoms with Crippen LogP contribution in [-0.2, 0) is 10.0 Å². The molecule has 112 valence electrons. The van der Waals surface area contributed by atoms with Gasteiger partial charge in [-0.2, -0.15) is 0 Å². The van der Waals surface area contributed by atoms with Crippen LogP contribution < -0.4 is 4.72 Å². The Morgan fingerprint density at radius 2 is 1.81 bits per heavy atom. The Balaban J connectivity index is 2.47. The van der Waals surface area contributed by atoms with Gasteiger partial charge in [0, 0.05) is 10.0 Å². The molecule has 0 aliphatic carbocycles. The third kappa shape index (κ3) is 3.49. The van der Waals surface area contributed by atoms with Gasteiger partial charge in [-0.1, -0.05) is 23.2 Å². The van der Waals surface area contributed by atoms with Crippen LogP contribution in [-0.4, -0.2) is 19.5 Å². The number of aryl methyl sites for hydroxylation is 1. The largest absolute Gasteiger partial charge is 0.477 e. The van der Waals surface area contributed by atoms with E-state index in [1.165, 1.54) is 18.2 Å². The van der Waals surface area contributed by atoms with E-state index in [2.05, 4.69) is 4.72 Å². The second-order valence-electron chi connectivity index (χ2n) is 4.14. The Labute approximate surface area is 135 Å². The molecule has 0 saturated heterocycles. The second kappa shape index (κ2) is 5.84. The number of benzene rings is 1. The molecular weight excluding hydrogens is 357 g/mol. The van der Waals surface area contributed by atoms with Crippen molar-refractivity contribution in [3.8, 4) is 0 Å². The summed E-state index contributed by atoms with van der Waals surface area (Å²) in [7, 11) is -3.98. The van der Waals surface area contributed by atoms with E-state index in [0.29, 0.717) is 5.56 Å². The minimum Gasteiger partial charge on any atom is -0.477 e. The molecular formula is C12H9Cl2NO4S2. The number of nitrogens with one attached hydrogen (secondary N) is 1. The van der Waals surface area contributed by atoms with Crippen LogP contribution in [0.15, 0.2) is 28.5 Å². The van der Waals surface area contributed by atoms with E-state index in [9.17, 15) is 13.2 Å². The molecule has 1 heterocycles. The molecule has 0 unspecified atom stereocenters. The summed E-state index contributed by atoms with van der Waals surface area (Å²) in [6.45, 7) is 1.62. The molecule has 2 rings (SSSR count). The second-order valence-corrected chi connectivity index (χ2v) is 7.57. The van der Waals surface area contributed by atoms with Crippen LogP contribution in [0.1, 0.15) is 15.2 Å². The lowest BCUT2D eigenvalue weighted by molar-refractivity contribution is 0.0703. The molecule has 9 heteroatoms. The van der Waals surface area contributed by atoms with Crippen molar-refractivity contribution in [2.75, 3.05) is 4.72 Å². The molecule has 2 aromatic rings. The van der Waals surface area contributed by atoms with E-state index in [1.54, 1.807) is 12.3 Å². The van der Waals surface area contributed by atoms with Crippen LogP contribution in [0, 0.1) is 6.92 Å². The highest BCUT2D eigenvalue weighted by Gasteiger charge is 2.22. The molecule has 0 atom stereocenters. The van der Waals surface area contributed by atoms with Crippen molar-refractivity contribution in [3.05, 3.63) is 44.1 Å². The zero-order valence-corrected chi connectivity index (χ0v) is 13.7. The summed E-state index contributed by atoms with van der Waals surface area (Å²) in [4.78, 5) is 10.9. The quantitative estimate of drug-likeness (QED) is 0.861. The Hall–Kier alpha value is -1.28. The molecule has 0 fully saturated rings. The maximum Gasteiger partial charge on any atom is 0.348 e. The molecule has 5 nitrogen and oxygen atoms in total. The van der Waals surface area contributed by atoms with Gasteiger partial charge in [0.2, 0.25) is 0 Å². The average Bonchev–Trinajstić information content (AvgIpc) is 2.69. The van der Waals surface area contributed by atoms with Crippen molar-refractivity contribution in [2.24, 2.45) is 0 Å². The predicted molar refractivity (Wildman–Crippen MR) is 83.3 cm³/mol. The van der Waals surface area contributed by atoms with E-state index in [4.69, 9.17) is 28.3 Å². The van der Waals surface area contributed by atoms with E-state index >= 15 is 0 Å². The Bertz CT molecular complexity index is 794. The molecule has 0 aliphatic rings. The molecule has 0 amide bonds. The summed E-state index contributed by atoms with van der Waals surface area (Å²) in [5, 5.41) is 11.0. The van der Waals surface area contributed by atoms with Crippen molar-refractivity contribution in [1.29, 1.82) is 0 Å². The molecule has 0 saturated carbocycles. The molecule has 1 aromatic carbocycles. The first-order chi connectivity index (χ1) is 9.70. The first-order valence-electron chi connectivity index (χ1n) is 5.51. The van der Waals surface area contributed by atoms with Crippen LogP contribution in [0.25, 0.3) is 0 Å². The summed E-state index contributed by atoms with van der Waals surface area (Å²) >= 11 is 12.5. The number of carboxylic acids is 1. The van der Waals surface area contributed by atoms with Crippen molar-refractivity contribution in [3.63, 3.8) is 0 Å². The van der Waals surface area contributed by atoms with Crippen LogP contribution in [0.5, 0.6) is 0 Å². The Kier molecular flexibility index (Phi) is 4.48. The highest BCUT2D eigenvalue weighted by Crippen LogP contribution is 2.31. The highest BCUT2D eigenvalue weighted by atomic mass is 35.5. The van der Waals surface area contributed by atoms with E-state index < -0.39 is 16.0 Å². The topological polar surface area (TPSA) is 83.5 Å². The number of carbonyl (C=O) groups is 1. The standard InChI is InChI=1S/C12H9Cl2NO4S2/c1-6-5-20-11(12(16)17)10(6)15-21(18,19)9-3-7(13)2-8(14)4-9/h2-5,15H,1H3,(H,16,17). The third-order valence-electron chi connectivity index (χ3n) is 2.55. The highest BCUT2D eigenvalue weighted by molar-refractivity contribution is 7.92. The van der Waals surface area contributed by atoms with Gasteiger partial charge in [-0.05, 0) is 36.1 Å². The summed E-state index contributed by atoms with van der Waals surface area (Å²) in [5.41, 5.74) is 0.567. The van der Waals surface area contributed by atoms with Gasteiger partial charge in [0.1, 0.15) is 4.88 Å². The van der Waals surface area contributed by atoms with Crippen molar-refractivity contribution in [2.45, 2.75) is 11.8 Å². The number of anilines is 1. The Morgan fingerprint density at radius 3 is 2.33 bits per heavy atom. The average molecular weight is 366 g/mol. The van der Waals surface area contributed by atoms with Gasteiger partial charge in [0.15, 0.2) is 0 Å². The lowest BCUT2D eigenvalue weighted by Gasteiger charge is -2.09. The molecule has 21 heavy (non-hydrogen) atoms. The van der Waals surface area contributed by atoms with Crippen LogP contribution >= 0.6 is 34.5 Å². The monoisotopic (exact) mass is 365 g/mol. The summed E-state index contributed by atoms with van der Waals surface area (Å²) in [6, 6.07) is 3.87. The molecule has 0 radical (unpaired) electrons. The zero-order valence-electron chi connectivity index (χ0n) is 10.6. The van der Waals surface area contributed by atoms with Crippen LogP contribution in [0.2, 0.25) is 10.0 Å². The molecule has 1 aromatic heterocycles. The smallest absolute Gasteiger partial charge is 0.348 e. The Morgan fingerprint density at radius 1 is 1.24 bits per heavy atom. The first kappa shape index (κ1) is 16.1. The molecule has 0 aliphatic heterocycles. The number of halogens is 2. The zero-order chi connectivity index (χ0) is 15.8. The minimum atomic E-state index is -3.98. The van der Waals surface area contributed by atoms with E-state index in [0.717, 1.165) is 11.3 Å². The van der Waals surface area contributed by atoms with Crippen molar-refractivity contribution >= 4 is 56.2 Å². The number of aromatic carboxylic acids is 1. The number of thiophene rings is 1. The normalized spacial score (nSPS) is 11.4. The summed E-state index contributed by atoms with van der Waals surface area (Å²) in [6.07, 6.45) is 0. The number of rotatable bonds is 4. The summed E-state index contributed by atoms with van der Waals surface area (Å²) < 4.78 is 26.9. The van der Waals surface area contributed by atoms with Gasteiger partial charge in [-0.25, -0.2) is 13.2 Å². The first-order valence-corrected chi connectivity index (χ1v) is 8.63. The van der Waals surface area contributed by atoms with Gasteiger partial charge in [-0.15, -0.1) is 11.3 Å². The van der Waals surface area contributed by atoms with Crippen LogP contribution in [0.4, 0.5) is 5.69 Å². The lowest BCUT2D eigenvalue weighted by Crippen LogP contribution is -2.15. The van der Waals surface area contributed by atoms with Crippen molar-refractivity contribution < 1.29 is 18.3 Å². The number of hydrogen-bond donors (Lipinski definition) is 2. The fourth-order valence-corrected chi connectivity index (χ4v) is 4.38. The molecule has 0 spiro atoms. The van der Waals surface area contributed by atoms with Crippen molar-refractivity contribution in [1.82, 2.24) is 0 Å². The van der Waals surface area contributed by atoms with E-state index in [-0.39, 0.29) is 25.5 Å². The fourth-order valence-electron chi connectivity index (χ4n) is 1.61. The van der Waals surface area contributed by atoms with Gasteiger partial charge in [0.05, 0.1) is 10.6 Å². The van der Waals surface area contributed by atoms with Crippen LogP contribution in [0.3, 0.4) is 0 Å². The maximum atomic E-state index is 12.3. The van der Waals surface area contributed by atoms with Gasteiger partial charge in [0.25, 0.3) is 10.0 Å². The SMILES string of the molecule is Cc1csc(C(=O)O)c1NS(=O)(=O)c1cc(Cl)cc(Cl)c1. The summed E-state index contributed by atoms with van der Waals surface area (Å²) in [5.74, 6) is -1.20. The number of sulfonamides is 1. The van der Waals surface area contributed by atoms with Gasteiger partial charge in [-0.3, -0.25) is 4.72 Å². The lowest BCUT2D eigenvalue weighted by atomic mass is 10.3. The maximum absolute atomic E-state index is 12.3. The van der Waals surface area contributed by atoms with Gasteiger partial charge < -0.3 is 5.11 Å². The molecule has 2 N–H and O–H groups in total. The van der Waals surface area contributed by atoms with Gasteiger partial charge >= 0.3 is 5.97 Å². The van der Waals surface area contributed by atoms with E-state index in [1.807, 2.05) is 0 Å². The predicted octanol–water partition coefficient (Wildman–Crippen LogP) is 3.86. The molecule has 0 bridgehead atoms. The number of carboxylic acid groups (broad SMARTS) is 1. The minimum absolute atomic E-state index is 0.0450. The third-order valence-corrected chi connectivity index (χ3v) is 5.40.